The third-order valence-corrected chi connectivity index (χ3v) is 4.22. The molecular formula is C17H21FN2O5. The average molecular weight is 352 g/mol. The Bertz CT molecular complexity index is 654. The number of nitrogens with one attached hydrogen (secondary N) is 1. The molecule has 2 aliphatic heterocycles. The molecule has 8 heteroatoms. The Hall–Kier alpha value is -2.35. The van der Waals surface area contributed by atoms with Gasteiger partial charge in [0.1, 0.15) is 26.0 Å². The van der Waals surface area contributed by atoms with Crippen LogP contribution in [-0.4, -0.2) is 68.9 Å². The highest BCUT2D eigenvalue weighted by Crippen LogP contribution is 2.32. The highest BCUT2D eigenvalue weighted by molar-refractivity contribution is 5.95. The highest BCUT2D eigenvalue weighted by Gasteiger charge is 2.36. The van der Waals surface area contributed by atoms with E-state index in [2.05, 4.69) is 5.32 Å². The first kappa shape index (κ1) is 17.5. The van der Waals surface area contributed by atoms with Crippen molar-refractivity contribution in [2.24, 2.45) is 0 Å². The number of fused-ring (bicyclic) bond motifs is 1. The normalized spacial score (nSPS) is 21.9. The number of alkyl halides is 1. The predicted molar refractivity (Wildman–Crippen MR) is 86.7 cm³/mol. The number of nitrogens with zero attached hydrogens (tertiary/aromatic N) is 1. The van der Waals surface area contributed by atoms with Crippen molar-refractivity contribution in [3.8, 4) is 11.5 Å². The summed E-state index contributed by atoms with van der Waals surface area (Å²) in [7, 11) is 1.42. The minimum absolute atomic E-state index is 0.0120. The zero-order chi connectivity index (χ0) is 17.8. The van der Waals surface area contributed by atoms with Gasteiger partial charge in [-0.15, -0.1) is 0 Å². The Morgan fingerprint density at radius 2 is 2.08 bits per heavy atom. The second-order valence-electron chi connectivity index (χ2n) is 6.04. The standard InChI is InChI=1S/C17H21FN2O5/c1-23-10-16(21)19-8-13-7-12(18)9-20(13)17(22)11-2-3-14-15(6-11)25-5-4-24-14/h2-3,6,12-13H,4-5,7-10H2,1H3,(H,19,21). The van der Waals surface area contributed by atoms with E-state index in [9.17, 15) is 14.0 Å². The summed E-state index contributed by atoms with van der Waals surface area (Å²) in [6, 6.07) is 4.54. The van der Waals surface area contributed by atoms with Gasteiger partial charge >= 0.3 is 0 Å². The van der Waals surface area contributed by atoms with Gasteiger partial charge in [-0.25, -0.2) is 4.39 Å². The number of carbonyl (C=O) groups excluding carboxylic acids is 2. The number of amides is 2. The predicted octanol–water partition coefficient (Wildman–Crippen LogP) is 0.773. The molecule has 2 atom stereocenters. The molecule has 7 nitrogen and oxygen atoms in total. The van der Waals surface area contributed by atoms with E-state index in [1.54, 1.807) is 18.2 Å². The van der Waals surface area contributed by atoms with Gasteiger partial charge in [0.15, 0.2) is 11.5 Å². The van der Waals surface area contributed by atoms with Crippen LogP contribution < -0.4 is 14.8 Å². The Morgan fingerprint density at radius 3 is 2.84 bits per heavy atom. The molecular weight excluding hydrogens is 331 g/mol. The Kier molecular flexibility index (Phi) is 5.37. The van der Waals surface area contributed by atoms with Crippen LogP contribution in [0, 0.1) is 0 Å². The number of methoxy groups -OCH3 is 1. The van der Waals surface area contributed by atoms with E-state index in [1.165, 1.54) is 12.0 Å². The summed E-state index contributed by atoms with van der Waals surface area (Å²) < 4.78 is 29.5. The number of rotatable bonds is 5. The molecule has 0 bridgehead atoms. The van der Waals surface area contributed by atoms with Crippen LogP contribution in [0.3, 0.4) is 0 Å². The lowest BCUT2D eigenvalue weighted by molar-refractivity contribution is -0.124. The molecule has 2 amide bonds. The molecule has 0 aromatic heterocycles. The number of hydrogen-bond acceptors (Lipinski definition) is 5. The van der Waals surface area contributed by atoms with Gasteiger partial charge in [-0.2, -0.15) is 0 Å². The van der Waals surface area contributed by atoms with Crippen molar-refractivity contribution in [3.63, 3.8) is 0 Å². The Balaban J connectivity index is 1.69. The van der Waals surface area contributed by atoms with Gasteiger partial charge < -0.3 is 24.4 Å². The smallest absolute Gasteiger partial charge is 0.254 e. The molecule has 1 fully saturated rings. The van der Waals surface area contributed by atoms with Crippen molar-refractivity contribution in [1.82, 2.24) is 10.2 Å². The van der Waals surface area contributed by atoms with Gasteiger partial charge in [-0.1, -0.05) is 0 Å². The lowest BCUT2D eigenvalue weighted by atomic mass is 10.1. The van der Waals surface area contributed by atoms with E-state index in [-0.39, 0.29) is 37.9 Å². The molecule has 2 aliphatic rings. The number of ether oxygens (including phenoxy) is 3. The van der Waals surface area contributed by atoms with E-state index in [0.717, 1.165) is 0 Å². The fourth-order valence-electron chi connectivity index (χ4n) is 3.06. The van der Waals surface area contributed by atoms with Gasteiger partial charge in [0.2, 0.25) is 5.91 Å². The molecule has 2 unspecified atom stereocenters. The van der Waals surface area contributed by atoms with E-state index >= 15 is 0 Å². The third kappa shape index (κ3) is 4.01. The molecule has 0 spiro atoms. The van der Waals surface area contributed by atoms with Crippen LogP contribution in [0.25, 0.3) is 0 Å². The van der Waals surface area contributed by atoms with E-state index in [0.29, 0.717) is 30.3 Å². The molecule has 0 saturated carbocycles. The van der Waals surface area contributed by atoms with Crippen LogP contribution in [0.1, 0.15) is 16.8 Å². The summed E-state index contributed by atoms with van der Waals surface area (Å²) in [5.74, 6) is 0.522. The van der Waals surface area contributed by atoms with Crippen LogP contribution in [0.2, 0.25) is 0 Å². The number of likely N-dealkylation sites (tertiary alicyclic amines) is 1. The first-order valence-corrected chi connectivity index (χ1v) is 8.19. The second-order valence-corrected chi connectivity index (χ2v) is 6.04. The van der Waals surface area contributed by atoms with Crippen LogP contribution in [0.5, 0.6) is 11.5 Å². The zero-order valence-corrected chi connectivity index (χ0v) is 14.0. The Labute approximate surface area is 145 Å². The van der Waals surface area contributed by atoms with Crippen LogP contribution in [0.4, 0.5) is 4.39 Å². The average Bonchev–Trinajstić information content (AvgIpc) is 3.00. The summed E-state index contributed by atoms with van der Waals surface area (Å²) in [4.78, 5) is 25.8. The monoisotopic (exact) mass is 352 g/mol. The van der Waals surface area contributed by atoms with Crippen molar-refractivity contribution >= 4 is 11.8 Å². The third-order valence-electron chi connectivity index (χ3n) is 4.22. The minimum atomic E-state index is -1.11. The highest BCUT2D eigenvalue weighted by atomic mass is 19.1. The van der Waals surface area contributed by atoms with Crippen LogP contribution in [0.15, 0.2) is 18.2 Å². The van der Waals surface area contributed by atoms with Gasteiger partial charge in [0, 0.05) is 25.6 Å². The SMILES string of the molecule is COCC(=O)NCC1CC(F)CN1C(=O)c1ccc2c(c1)OCCO2. The van der Waals surface area contributed by atoms with E-state index < -0.39 is 12.2 Å². The first-order valence-electron chi connectivity index (χ1n) is 8.19. The lowest BCUT2D eigenvalue weighted by Gasteiger charge is -2.25. The lowest BCUT2D eigenvalue weighted by Crippen LogP contribution is -2.43. The molecule has 2 heterocycles. The van der Waals surface area contributed by atoms with Crippen molar-refractivity contribution in [2.45, 2.75) is 18.6 Å². The molecule has 3 rings (SSSR count). The largest absolute Gasteiger partial charge is 0.486 e. The molecule has 1 aromatic rings. The first-order chi connectivity index (χ1) is 12.1. The Morgan fingerprint density at radius 1 is 1.32 bits per heavy atom. The summed E-state index contributed by atoms with van der Waals surface area (Å²) in [6.07, 6.45) is -0.908. The van der Waals surface area contributed by atoms with E-state index in [4.69, 9.17) is 14.2 Å². The second kappa shape index (κ2) is 7.69. The number of hydrogen-bond donors (Lipinski definition) is 1. The number of benzene rings is 1. The molecule has 1 saturated heterocycles. The summed E-state index contributed by atoms with van der Waals surface area (Å²) in [5, 5.41) is 2.66. The summed E-state index contributed by atoms with van der Waals surface area (Å²) >= 11 is 0. The number of halogens is 1. The molecule has 25 heavy (non-hydrogen) atoms. The zero-order valence-electron chi connectivity index (χ0n) is 14.0. The molecule has 1 aromatic carbocycles. The van der Waals surface area contributed by atoms with Gasteiger partial charge in [0.05, 0.1) is 12.6 Å². The number of carbonyl (C=O) groups is 2. The van der Waals surface area contributed by atoms with Crippen molar-refractivity contribution in [3.05, 3.63) is 23.8 Å². The maximum atomic E-state index is 13.9. The van der Waals surface area contributed by atoms with Gasteiger partial charge in [0.25, 0.3) is 5.91 Å². The van der Waals surface area contributed by atoms with Crippen LogP contribution in [-0.2, 0) is 9.53 Å². The van der Waals surface area contributed by atoms with Gasteiger partial charge in [-0.3, -0.25) is 9.59 Å². The van der Waals surface area contributed by atoms with Crippen molar-refractivity contribution in [2.75, 3.05) is 40.0 Å². The van der Waals surface area contributed by atoms with Crippen molar-refractivity contribution in [1.29, 1.82) is 0 Å². The van der Waals surface area contributed by atoms with Gasteiger partial charge in [-0.05, 0) is 18.2 Å². The van der Waals surface area contributed by atoms with Crippen LogP contribution >= 0.6 is 0 Å². The molecule has 0 radical (unpaired) electrons. The fourth-order valence-corrected chi connectivity index (χ4v) is 3.06. The molecule has 1 N–H and O–H groups in total. The summed E-state index contributed by atoms with van der Waals surface area (Å²) in [5.41, 5.74) is 0.409. The fraction of sp³-hybridized carbons (Fsp3) is 0.529. The van der Waals surface area contributed by atoms with Crippen molar-refractivity contribution < 1.29 is 28.2 Å². The summed E-state index contributed by atoms with van der Waals surface area (Å²) in [6.45, 7) is 1.03. The molecule has 0 aliphatic carbocycles. The molecule has 136 valence electrons. The maximum absolute atomic E-state index is 13.9. The topological polar surface area (TPSA) is 77.1 Å². The van der Waals surface area contributed by atoms with E-state index in [1.807, 2.05) is 0 Å². The quantitative estimate of drug-likeness (QED) is 0.847. The minimum Gasteiger partial charge on any atom is -0.486 e. The maximum Gasteiger partial charge on any atom is 0.254 e.